The summed E-state index contributed by atoms with van der Waals surface area (Å²) in [5.74, 6) is 0.0551. The van der Waals surface area contributed by atoms with E-state index < -0.39 is 0 Å². The summed E-state index contributed by atoms with van der Waals surface area (Å²) in [5.41, 5.74) is 1.92. The van der Waals surface area contributed by atoms with E-state index >= 15 is 0 Å². The molecule has 0 heterocycles. The molecule has 0 unspecified atom stereocenters. The summed E-state index contributed by atoms with van der Waals surface area (Å²) in [6, 6.07) is 15.3. The highest BCUT2D eigenvalue weighted by atomic mass is 16.3. The molecule has 0 spiro atoms. The van der Waals surface area contributed by atoms with Crippen LogP contribution in [0.15, 0.2) is 48.5 Å². The highest BCUT2D eigenvalue weighted by Gasteiger charge is 2.12. The second-order valence-electron chi connectivity index (χ2n) is 4.52. The topological polar surface area (TPSA) is 64.3 Å². The van der Waals surface area contributed by atoms with Crippen molar-refractivity contribution in [3.8, 4) is 11.8 Å². The van der Waals surface area contributed by atoms with Gasteiger partial charge in [-0.25, -0.2) is 0 Å². The molecular formula is C16H14N2O2. The third-order valence-corrected chi connectivity index (χ3v) is 2.94. The number of benzene rings is 2. The van der Waals surface area contributed by atoms with Crippen LogP contribution in [0.5, 0.6) is 5.75 Å². The normalized spacial score (nSPS) is 9.80. The van der Waals surface area contributed by atoms with Crippen LogP contribution in [-0.2, 0) is 6.54 Å². The Morgan fingerprint density at radius 2 is 1.95 bits per heavy atom. The predicted octanol–water partition coefficient (Wildman–Crippen LogP) is 2.54. The van der Waals surface area contributed by atoms with Gasteiger partial charge in [0, 0.05) is 19.2 Å². The number of amides is 1. The second kappa shape index (κ2) is 5.89. The lowest BCUT2D eigenvalue weighted by molar-refractivity contribution is 0.0785. The Balaban J connectivity index is 2.10. The van der Waals surface area contributed by atoms with Gasteiger partial charge >= 0.3 is 0 Å². The second-order valence-corrected chi connectivity index (χ2v) is 4.52. The standard InChI is InChI=1S/C16H14N2O2/c1-18(11-13-3-2-4-15(19)9-13)16(20)14-7-5-12(10-17)6-8-14/h2-9,19H,11H2,1H3. The largest absolute Gasteiger partial charge is 0.508 e. The molecular weight excluding hydrogens is 252 g/mol. The van der Waals surface area contributed by atoms with Gasteiger partial charge in [0.2, 0.25) is 0 Å². The number of aromatic hydroxyl groups is 1. The van der Waals surface area contributed by atoms with Gasteiger partial charge in [0.15, 0.2) is 0 Å². The van der Waals surface area contributed by atoms with E-state index in [-0.39, 0.29) is 11.7 Å². The Bertz CT molecular complexity index is 657. The first-order valence-electron chi connectivity index (χ1n) is 6.13. The van der Waals surface area contributed by atoms with Crippen molar-refractivity contribution < 1.29 is 9.90 Å². The molecule has 0 aliphatic carbocycles. The summed E-state index contributed by atoms with van der Waals surface area (Å²) in [4.78, 5) is 13.8. The molecule has 4 nitrogen and oxygen atoms in total. The Labute approximate surface area is 117 Å². The van der Waals surface area contributed by atoms with E-state index in [0.29, 0.717) is 17.7 Å². The van der Waals surface area contributed by atoms with Crippen LogP contribution in [-0.4, -0.2) is 23.0 Å². The van der Waals surface area contributed by atoms with Crippen LogP contribution in [0.1, 0.15) is 21.5 Å². The summed E-state index contributed by atoms with van der Waals surface area (Å²) in [7, 11) is 1.70. The van der Waals surface area contributed by atoms with Crippen LogP contribution in [0.2, 0.25) is 0 Å². The van der Waals surface area contributed by atoms with E-state index in [1.165, 1.54) is 0 Å². The molecule has 0 aliphatic heterocycles. The third kappa shape index (κ3) is 3.15. The molecule has 1 amide bonds. The summed E-state index contributed by atoms with van der Waals surface area (Å²) in [6.07, 6.45) is 0. The van der Waals surface area contributed by atoms with E-state index in [1.807, 2.05) is 12.1 Å². The van der Waals surface area contributed by atoms with Crippen molar-refractivity contribution in [3.63, 3.8) is 0 Å². The predicted molar refractivity (Wildman–Crippen MR) is 75.1 cm³/mol. The molecule has 0 saturated heterocycles. The van der Waals surface area contributed by atoms with Crippen molar-refractivity contribution in [1.82, 2.24) is 4.90 Å². The first-order valence-corrected chi connectivity index (χ1v) is 6.13. The van der Waals surface area contributed by atoms with Crippen LogP contribution < -0.4 is 0 Å². The van der Waals surface area contributed by atoms with Crippen molar-refractivity contribution in [2.75, 3.05) is 7.05 Å². The minimum atomic E-state index is -0.127. The average molecular weight is 266 g/mol. The fraction of sp³-hybridized carbons (Fsp3) is 0.125. The number of phenolic OH excluding ortho intramolecular Hbond substituents is 1. The quantitative estimate of drug-likeness (QED) is 0.928. The van der Waals surface area contributed by atoms with Crippen LogP contribution in [0.25, 0.3) is 0 Å². The number of nitrogens with zero attached hydrogens (tertiary/aromatic N) is 2. The molecule has 0 radical (unpaired) electrons. The van der Waals surface area contributed by atoms with Crippen LogP contribution in [0, 0.1) is 11.3 Å². The number of carbonyl (C=O) groups excluding carboxylic acids is 1. The molecule has 2 aromatic carbocycles. The van der Waals surface area contributed by atoms with Crippen molar-refractivity contribution in [2.24, 2.45) is 0 Å². The van der Waals surface area contributed by atoms with Gasteiger partial charge in [-0.05, 0) is 42.0 Å². The molecule has 0 fully saturated rings. The van der Waals surface area contributed by atoms with Crippen molar-refractivity contribution in [1.29, 1.82) is 5.26 Å². The lowest BCUT2D eigenvalue weighted by Gasteiger charge is -2.17. The highest BCUT2D eigenvalue weighted by molar-refractivity contribution is 5.94. The molecule has 0 saturated carbocycles. The summed E-state index contributed by atoms with van der Waals surface area (Å²) >= 11 is 0. The average Bonchev–Trinajstić information content (AvgIpc) is 2.46. The molecule has 1 N–H and O–H groups in total. The molecule has 0 aromatic heterocycles. The SMILES string of the molecule is CN(Cc1cccc(O)c1)C(=O)c1ccc(C#N)cc1. The zero-order chi connectivity index (χ0) is 14.5. The Morgan fingerprint density at radius 1 is 1.25 bits per heavy atom. The Hall–Kier alpha value is -2.80. The Kier molecular flexibility index (Phi) is 4.02. The summed E-state index contributed by atoms with van der Waals surface area (Å²) in [6.45, 7) is 0.410. The first-order chi connectivity index (χ1) is 9.60. The van der Waals surface area contributed by atoms with E-state index in [2.05, 4.69) is 0 Å². The number of hydrogen-bond donors (Lipinski definition) is 1. The van der Waals surface area contributed by atoms with Crippen molar-refractivity contribution >= 4 is 5.91 Å². The molecule has 4 heteroatoms. The van der Waals surface area contributed by atoms with Gasteiger partial charge in [0.1, 0.15) is 5.75 Å². The summed E-state index contributed by atoms with van der Waals surface area (Å²) in [5, 5.41) is 18.1. The molecule has 0 atom stereocenters. The smallest absolute Gasteiger partial charge is 0.253 e. The van der Waals surface area contributed by atoms with Crippen molar-refractivity contribution in [3.05, 3.63) is 65.2 Å². The molecule has 2 rings (SSSR count). The van der Waals surface area contributed by atoms with Gasteiger partial charge in [-0.1, -0.05) is 12.1 Å². The zero-order valence-corrected chi connectivity index (χ0v) is 11.1. The van der Waals surface area contributed by atoms with E-state index in [0.717, 1.165) is 5.56 Å². The maximum absolute atomic E-state index is 12.2. The molecule has 20 heavy (non-hydrogen) atoms. The molecule has 0 aliphatic rings. The Morgan fingerprint density at radius 3 is 2.55 bits per heavy atom. The monoisotopic (exact) mass is 266 g/mol. The van der Waals surface area contributed by atoms with Crippen LogP contribution >= 0.6 is 0 Å². The van der Waals surface area contributed by atoms with Crippen LogP contribution in [0.4, 0.5) is 0 Å². The lowest BCUT2D eigenvalue weighted by atomic mass is 10.1. The molecule has 2 aromatic rings. The fourth-order valence-electron chi connectivity index (χ4n) is 1.91. The molecule has 0 bridgehead atoms. The minimum Gasteiger partial charge on any atom is -0.508 e. The van der Waals surface area contributed by atoms with E-state index in [1.54, 1.807) is 54.4 Å². The third-order valence-electron chi connectivity index (χ3n) is 2.94. The fourth-order valence-corrected chi connectivity index (χ4v) is 1.91. The number of rotatable bonds is 3. The van der Waals surface area contributed by atoms with E-state index in [4.69, 9.17) is 5.26 Å². The van der Waals surface area contributed by atoms with Gasteiger partial charge in [-0.2, -0.15) is 5.26 Å². The maximum Gasteiger partial charge on any atom is 0.253 e. The minimum absolute atomic E-state index is 0.127. The maximum atomic E-state index is 12.2. The van der Waals surface area contributed by atoms with Crippen LogP contribution in [0.3, 0.4) is 0 Å². The lowest BCUT2D eigenvalue weighted by Crippen LogP contribution is -2.26. The molecule has 100 valence electrons. The van der Waals surface area contributed by atoms with E-state index in [9.17, 15) is 9.90 Å². The zero-order valence-electron chi connectivity index (χ0n) is 11.1. The summed E-state index contributed by atoms with van der Waals surface area (Å²) < 4.78 is 0. The first kappa shape index (κ1) is 13.6. The number of phenols is 1. The van der Waals surface area contributed by atoms with Crippen molar-refractivity contribution in [2.45, 2.75) is 6.54 Å². The van der Waals surface area contributed by atoms with Gasteiger partial charge in [-0.15, -0.1) is 0 Å². The highest BCUT2D eigenvalue weighted by Crippen LogP contribution is 2.14. The number of hydrogen-bond acceptors (Lipinski definition) is 3. The number of carbonyl (C=O) groups is 1. The van der Waals surface area contributed by atoms with Gasteiger partial charge in [-0.3, -0.25) is 4.79 Å². The van der Waals surface area contributed by atoms with Gasteiger partial charge in [0.25, 0.3) is 5.91 Å². The van der Waals surface area contributed by atoms with Gasteiger partial charge < -0.3 is 10.0 Å². The number of nitriles is 1. The van der Waals surface area contributed by atoms with Gasteiger partial charge in [0.05, 0.1) is 11.6 Å².